The maximum Gasteiger partial charge on any atom is 0.255 e. The molecule has 7 nitrogen and oxygen atoms in total. The van der Waals surface area contributed by atoms with Crippen molar-refractivity contribution in [2.24, 2.45) is 0 Å². The minimum atomic E-state index is -0.332. The maximum atomic E-state index is 13.5. The highest BCUT2D eigenvalue weighted by Gasteiger charge is 2.11. The van der Waals surface area contributed by atoms with Crippen LogP contribution >= 0.6 is 0 Å². The van der Waals surface area contributed by atoms with E-state index in [1.54, 1.807) is 67.8 Å². The van der Waals surface area contributed by atoms with Crippen molar-refractivity contribution in [2.75, 3.05) is 24.9 Å². The van der Waals surface area contributed by atoms with Gasteiger partial charge in [0.15, 0.2) is 0 Å². The Morgan fingerprint density at radius 3 is 2.45 bits per heavy atom. The van der Waals surface area contributed by atoms with Crippen molar-refractivity contribution in [2.45, 2.75) is 0 Å². The lowest BCUT2D eigenvalue weighted by Gasteiger charge is -2.12. The van der Waals surface area contributed by atoms with E-state index in [9.17, 15) is 9.18 Å². The average molecular weight is 444 g/mol. The molecule has 0 aliphatic rings. The molecule has 4 rings (SSSR count). The van der Waals surface area contributed by atoms with E-state index in [0.29, 0.717) is 39.8 Å². The van der Waals surface area contributed by atoms with E-state index in [2.05, 4.69) is 20.6 Å². The molecule has 4 aromatic rings. The summed E-state index contributed by atoms with van der Waals surface area (Å²) in [6.45, 7) is 0. The second-order valence-electron chi connectivity index (χ2n) is 7.02. The zero-order chi connectivity index (χ0) is 23.2. The Hall–Kier alpha value is -4.46. The zero-order valence-electron chi connectivity index (χ0n) is 18.0. The van der Waals surface area contributed by atoms with E-state index < -0.39 is 0 Å². The number of halogens is 1. The number of methoxy groups -OCH3 is 2. The SMILES string of the molecule is COc1ccc(NC(=O)c2ccc(Nc3cc(-c4cccc(F)c4)ncn3)cc2)c(OC)c1. The van der Waals surface area contributed by atoms with Gasteiger partial charge in [-0.3, -0.25) is 4.79 Å². The van der Waals surface area contributed by atoms with Crippen LogP contribution in [-0.4, -0.2) is 30.1 Å². The van der Waals surface area contributed by atoms with Crippen molar-refractivity contribution in [1.82, 2.24) is 9.97 Å². The van der Waals surface area contributed by atoms with Gasteiger partial charge in [-0.1, -0.05) is 12.1 Å². The van der Waals surface area contributed by atoms with E-state index >= 15 is 0 Å². The van der Waals surface area contributed by atoms with Crippen LogP contribution in [0.1, 0.15) is 10.4 Å². The van der Waals surface area contributed by atoms with Crippen LogP contribution in [0.25, 0.3) is 11.3 Å². The molecule has 0 fully saturated rings. The summed E-state index contributed by atoms with van der Waals surface area (Å²) >= 11 is 0. The normalized spacial score (nSPS) is 10.4. The van der Waals surface area contributed by atoms with Gasteiger partial charge in [-0.2, -0.15) is 0 Å². The molecule has 1 heterocycles. The van der Waals surface area contributed by atoms with Crippen LogP contribution < -0.4 is 20.1 Å². The highest BCUT2D eigenvalue weighted by molar-refractivity contribution is 6.05. The van der Waals surface area contributed by atoms with Gasteiger partial charge >= 0.3 is 0 Å². The van der Waals surface area contributed by atoms with Gasteiger partial charge in [0.25, 0.3) is 5.91 Å². The lowest BCUT2D eigenvalue weighted by atomic mass is 10.1. The predicted octanol–water partition coefficient (Wildman–Crippen LogP) is 5.30. The fourth-order valence-electron chi connectivity index (χ4n) is 3.18. The van der Waals surface area contributed by atoms with Gasteiger partial charge in [0, 0.05) is 28.9 Å². The minimum Gasteiger partial charge on any atom is -0.497 e. The predicted molar refractivity (Wildman–Crippen MR) is 125 cm³/mol. The minimum absolute atomic E-state index is 0.277. The number of hydrogen-bond acceptors (Lipinski definition) is 6. The quantitative estimate of drug-likeness (QED) is 0.403. The van der Waals surface area contributed by atoms with Crippen LogP contribution in [0.4, 0.5) is 21.6 Å². The standard InChI is InChI=1S/C25H21FN4O3/c1-32-20-10-11-21(23(13-20)33-2)30-25(31)16-6-8-19(9-7-16)29-24-14-22(27-15-28-24)17-4-3-5-18(26)12-17/h3-15H,1-2H3,(H,30,31)(H,27,28,29). The third kappa shape index (κ3) is 5.24. The summed E-state index contributed by atoms with van der Waals surface area (Å²) < 4.78 is 24.0. The summed E-state index contributed by atoms with van der Waals surface area (Å²) in [5, 5.41) is 6.00. The summed E-state index contributed by atoms with van der Waals surface area (Å²) in [6.07, 6.45) is 1.41. The number of aromatic nitrogens is 2. The van der Waals surface area contributed by atoms with Crippen molar-refractivity contribution >= 4 is 23.1 Å². The first kappa shape index (κ1) is 21.8. The van der Waals surface area contributed by atoms with E-state index in [1.807, 2.05) is 0 Å². The monoisotopic (exact) mass is 444 g/mol. The summed E-state index contributed by atoms with van der Waals surface area (Å²) in [4.78, 5) is 21.1. The number of rotatable bonds is 7. The van der Waals surface area contributed by atoms with Gasteiger partial charge < -0.3 is 20.1 Å². The lowest BCUT2D eigenvalue weighted by Crippen LogP contribution is -2.12. The number of benzene rings is 3. The van der Waals surface area contributed by atoms with Crippen molar-refractivity contribution in [3.63, 3.8) is 0 Å². The molecule has 1 amide bonds. The van der Waals surface area contributed by atoms with Crippen LogP contribution in [0.2, 0.25) is 0 Å². The number of nitrogens with zero attached hydrogens (tertiary/aromatic N) is 2. The molecule has 0 aliphatic carbocycles. The summed E-state index contributed by atoms with van der Waals surface area (Å²) in [7, 11) is 3.09. The largest absolute Gasteiger partial charge is 0.497 e. The second kappa shape index (κ2) is 9.78. The van der Waals surface area contributed by atoms with E-state index in [0.717, 1.165) is 5.69 Å². The first-order valence-electron chi connectivity index (χ1n) is 10.0. The number of carbonyl (C=O) groups is 1. The van der Waals surface area contributed by atoms with Crippen LogP contribution in [0, 0.1) is 5.82 Å². The average Bonchev–Trinajstić information content (AvgIpc) is 2.85. The fraction of sp³-hybridized carbons (Fsp3) is 0.0800. The Labute approximate surface area is 190 Å². The van der Waals surface area contributed by atoms with Crippen LogP contribution in [0.15, 0.2) is 79.1 Å². The number of hydrogen-bond donors (Lipinski definition) is 2. The number of ether oxygens (including phenoxy) is 2. The molecular formula is C25H21FN4O3. The molecule has 3 aromatic carbocycles. The topological polar surface area (TPSA) is 85.4 Å². The first-order chi connectivity index (χ1) is 16.1. The van der Waals surface area contributed by atoms with Crippen molar-refractivity contribution in [3.05, 3.63) is 90.5 Å². The first-order valence-corrected chi connectivity index (χ1v) is 10.0. The van der Waals surface area contributed by atoms with Crippen molar-refractivity contribution < 1.29 is 18.7 Å². The zero-order valence-corrected chi connectivity index (χ0v) is 18.0. The van der Waals surface area contributed by atoms with Gasteiger partial charge in [0.05, 0.1) is 25.6 Å². The molecule has 0 bridgehead atoms. The summed E-state index contributed by atoms with van der Waals surface area (Å²) in [5.41, 5.74) is 2.99. The molecule has 33 heavy (non-hydrogen) atoms. The smallest absolute Gasteiger partial charge is 0.255 e. The molecular weight excluding hydrogens is 423 g/mol. The second-order valence-corrected chi connectivity index (χ2v) is 7.02. The molecule has 2 N–H and O–H groups in total. The third-order valence-corrected chi connectivity index (χ3v) is 4.86. The Kier molecular flexibility index (Phi) is 6.45. The molecule has 1 aromatic heterocycles. The molecule has 0 radical (unpaired) electrons. The van der Waals surface area contributed by atoms with Gasteiger partial charge in [-0.15, -0.1) is 0 Å². The van der Waals surface area contributed by atoms with E-state index in [4.69, 9.17) is 9.47 Å². The Morgan fingerprint density at radius 1 is 0.909 bits per heavy atom. The molecule has 0 unspecified atom stereocenters. The lowest BCUT2D eigenvalue weighted by molar-refractivity contribution is 0.102. The molecule has 0 atom stereocenters. The van der Waals surface area contributed by atoms with Crippen molar-refractivity contribution in [3.8, 4) is 22.8 Å². The van der Waals surface area contributed by atoms with Gasteiger partial charge in [-0.25, -0.2) is 14.4 Å². The van der Waals surface area contributed by atoms with Crippen LogP contribution in [-0.2, 0) is 0 Å². The number of anilines is 3. The highest BCUT2D eigenvalue weighted by Crippen LogP contribution is 2.29. The number of amides is 1. The van der Waals surface area contributed by atoms with Gasteiger partial charge in [0.1, 0.15) is 29.5 Å². The summed E-state index contributed by atoms with van der Waals surface area (Å²) in [6, 6.07) is 20.0. The van der Waals surface area contributed by atoms with Crippen LogP contribution in [0.3, 0.4) is 0 Å². The molecule has 0 aliphatic heterocycles. The molecule has 8 heteroatoms. The van der Waals surface area contributed by atoms with Crippen molar-refractivity contribution in [1.29, 1.82) is 0 Å². The van der Waals surface area contributed by atoms with Gasteiger partial charge in [-0.05, 0) is 48.5 Å². The Balaban J connectivity index is 1.46. The molecule has 0 saturated carbocycles. The molecule has 0 saturated heterocycles. The van der Waals surface area contributed by atoms with E-state index in [-0.39, 0.29) is 11.7 Å². The maximum absolute atomic E-state index is 13.5. The summed E-state index contributed by atoms with van der Waals surface area (Å²) in [5.74, 6) is 1.07. The van der Waals surface area contributed by atoms with Crippen LogP contribution in [0.5, 0.6) is 11.5 Å². The van der Waals surface area contributed by atoms with Gasteiger partial charge in [0.2, 0.25) is 0 Å². The number of nitrogens with one attached hydrogen (secondary N) is 2. The number of carbonyl (C=O) groups excluding carboxylic acids is 1. The molecule has 0 spiro atoms. The Morgan fingerprint density at radius 2 is 1.73 bits per heavy atom. The highest BCUT2D eigenvalue weighted by atomic mass is 19.1. The molecule has 166 valence electrons. The Bertz CT molecular complexity index is 1280. The van der Waals surface area contributed by atoms with E-state index in [1.165, 1.54) is 25.6 Å². The third-order valence-electron chi connectivity index (χ3n) is 4.86. The fourth-order valence-corrected chi connectivity index (χ4v) is 3.18.